The van der Waals surface area contributed by atoms with Crippen molar-refractivity contribution in [3.8, 4) is 28.1 Å². The molecule has 0 aliphatic carbocycles. The van der Waals surface area contributed by atoms with Crippen LogP contribution in [0, 0.1) is 0 Å². The van der Waals surface area contributed by atoms with Crippen molar-refractivity contribution in [2.45, 2.75) is 44.8 Å². The van der Waals surface area contributed by atoms with Crippen molar-refractivity contribution in [2.24, 2.45) is 0 Å². The summed E-state index contributed by atoms with van der Waals surface area (Å²) in [6.45, 7) is 4.47. The van der Waals surface area contributed by atoms with Crippen LogP contribution in [0.2, 0.25) is 0 Å². The fraction of sp³-hybridized carbons (Fsp3) is 0.440. The number of carbonyl (C=O) groups excluding carboxylic acids is 1. The van der Waals surface area contributed by atoms with E-state index in [1.54, 1.807) is 51.2 Å². The van der Waals surface area contributed by atoms with Crippen LogP contribution >= 0.6 is 0 Å². The van der Waals surface area contributed by atoms with E-state index in [1.165, 1.54) is 24.2 Å². The van der Waals surface area contributed by atoms with Gasteiger partial charge in [0, 0.05) is 36.5 Å². The van der Waals surface area contributed by atoms with Gasteiger partial charge in [-0.15, -0.1) is 0 Å². The second-order valence-corrected chi connectivity index (χ2v) is 9.78. The van der Waals surface area contributed by atoms with Crippen molar-refractivity contribution in [1.29, 1.82) is 0 Å². The number of aromatic nitrogens is 4. The first-order valence-corrected chi connectivity index (χ1v) is 11.7. The maximum Gasteiger partial charge on any atom is 0.410 e. The fourth-order valence-electron chi connectivity index (χ4n) is 4.09. The van der Waals surface area contributed by atoms with Gasteiger partial charge in [0.2, 0.25) is 0 Å². The molecule has 1 saturated heterocycles. The maximum absolute atomic E-state index is 15.1. The predicted octanol–water partition coefficient (Wildman–Crippen LogP) is 4.39. The molecule has 2 N–H and O–H groups in total. The van der Waals surface area contributed by atoms with E-state index in [-0.39, 0.29) is 19.8 Å². The average molecular weight is 517 g/mol. The van der Waals surface area contributed by atoms with Crippen LogP contribution in [0.5, 0.6) is 5.75 Å². The number of carbonyl (C=O) groups is 1. The number of nitrogen functional groups attached to an aromatic ring is 1. The van der Waals surface area contributed by atoms with E-state index in [1.807, 2.05) is 0 Å². The molecular weight excluding hydrogens is 486 g/mol. The average Bonchev–Trinajstić information content (AvgIpc) is 3.31. The largest absolute Gasteiger partial charge is 0.465 e. The summed E-state index contributed by atoms with van der Waals surface area (Å²) in [7, 11) is 1.50. The van der Waals surface area contributed by atoms with Crippen LogP contribution in [0.1, 0.15) is 33.2 Å². The summed E-state index contributed by atoms with van der Waals surface area (Å²) in [6.07, 6.45) is 3.84. The molecule has 1 aliphatic heterocycles. The molecule has 198 valence electrons. The number of halogens is 2. The third-order valence-electron chi connectivity index (χ3n) is 5.76. The molecule has 4 rings (SSSR count). The summed E-state index contributed by atoms with van der Waals surface area (Å²) in [4.78, 5) is 13.3. The fourth-order valence-corrected chi connectivity index (χ4v) is 4.09. The molecule has 12 heteroatoms. The molecule has 3 heterocycles. The Morgan fingerprint density at radius 2 is 2.03 bits per heavy atom. The lowest BCUT2D eigenvalue weighted by molar-refractivity contribution is -0.106. The summed E-state index contributed by atoms with van der Waals surface area (Å²) in [5.41, 5.74) is 8.04. The second kappa shape index (κ2) is 10.3. The SMILES string of the molecule is COCOc1c(N)cccc1-c1cc(-c2cnn([C@H]3CCN(C(=O)OC(C)(C)C)CC3(F)F)c2)cnn1. The molecule has 0 bridgehead atoms. The van der Waals surface area contributed by atoms with Crippen LogP contribution < -0.4 is 10.5 Å². The van der Waals surface area contributed by atoms with Gasteiger partial charge in [0.1, 0.15) is 11.6 Å². The van der Waals surface area contributed by atoms with Gasteiger partial charge in [-0.25, -0.2) is 13.6 Å². The number of nitrogens with two attached hydrogens (primary N) is 1. The molecule has 0 spiro atoms. The van der Waals surface area contributed by atoms with E-state index in [0.717, 1.165) is 4.90 Å². The molecule has 1 atom stereocenters. The summed E-state index contributed by atoms with van der Waals surface area (Å²) < 4.78 is 47.3. The highest BCUT2D eigenvalue weighted by molar-refractivity contribution is 5.77. The number of amides is 1. The summed E-state index contributed by atoms with van der Waals surface area (Å²) in [6, 6.07) is 5.80. The minimum atomic E-state index is -3.20. The Kier molecular flexibility index (Phi) is 7.30. The van der Waals surface area contributed by atoms with Crippen molar-refractivity contribution >= 4 is 11.8 Å². The van der Waals surface area contributed by atoms with E-state index in [9.17, 15) is 4.79 Å². The number of hydrogen-bond donors (Lipinski definition) is 1. The first-order valence-electron chi connectivity index (χ1n) is 11.7. The van der Waals surface area contributed by atoms with Crippen molar-refractivity contribution in [3.05, 3.63) is 42.9 Å². The number of nitrogens with zero attached hydrogens (tertiary/aromatic N) is 5. The van der Waals surface area contributed by atoms with Crippen molar-refractivity contribution in [1.82, 2.24) is 24.9 Å². The highest BCUT2D eigenvalue weighted by Gasteiger charge is 2.48. The van der Waals surface area contributed by atoms with Gasteiger partial charge in [0.15, 0.2) is 12.5 Å². The van der Waals surface area contributed by atoms with Gasteiger partial charge in [-0.3, -0.25) is 4.68 Å². The number of anilines is 1. The molecule has 1 amide bonds. The van der Waals surface area contributed by atoms with Crippen LogP contribution in [0.3, 0.4) is 0 Å². The predicted molar refractivity (Wildman–Crippen MR) is 132 cm³/mol. The second-order valence-electron chi connectivity index (χ2n) is 9.78. The van der Waals surface area contributed by atoms with Gasteiger partial charge in [-0.1, -0.05) is 6.07 Å². The highest BCUT2D eigenvalue weighted by Crippen LogP contribution is 2.38. The van der Waals surface area contributed by atoms with Gasteiger partial charge >= 0.3 is 6.09 Å². The number of likely N-dealkylation sites (tertiary alicyclic amines) is 1. The molecule has 10 nitrogen and oxygen atoms in total. The number of benzene rings is 1. The van der Waals surface area contributed by atoms with E-state index in [4.69, 9.17) is 19.9 Å². The molecule has 37 heavy (non-hydrogen) atoms. The summed E-state index contributed by atoms with van der Waals surface area (Å²) >= 11 is 0. The standard InChI is InChI=1S/C25H30F2N6O4/c1-24(2,3)37-23(34)32-9-8-21(25(26,27)14-32)33-13-17(12-30-33)16-10-20(31-29-11-16)18-6-5-7-19(28)22(18)36-15-35-4/h5-7,10-13,21H,8-9,14-15,28H2,1-4H3/t21-/m0/s1. The summed E-state index contributed by atoms with van der Waals surface area (Å²) in [5.74, 6) is -2.79. The van der Waals surface area contributed by atoms with Crippen LogP contribution in [-0.2, 0) is 9.47 Å². The van der Waals surface area contributed by atoms with Crippen LogP contribution in [-0.4, -0.2) is 69.5 Å². The Bertz CT molecular complexity index is 1260. The van der Waals surface area contributed by atoms with Gasteiger partial charge in [0.05, 0.1) is 30.3 Å². The molecule has 0 saturated carbocycles. The van der Waals surface area contributed by atoms with E-state index >= 15 is 8.78 Å². The number of hydrogen-bond acceptors (Lipinski definition) is 8. The lowest BCUT2D eigenvalue weighted by Gasteiger charge is -2.38. The minimum absolute atomic E-state index is 0.00204. The number of para-hydroxylation sites is 1. The van der Waals surface area contributed by atoms with Crippen LogP contribution in [0.4, 0.5) is 19.3 Å². The molecule has 0 radical (unpaired) electrons. The Hall–Kier alpha value is -3.80. The van der Waals surface area contributed by atoms with Gasteiger partial charge < -0.3 is 24.8 Å². The molecule has 3 aromatic rings. The van der Waals surface area contributed by atoms with Crippen LogP contribution in [0.25, 0.3) is 22.4 Å². The van der Waals surface area contributed by atoms with Gasteiger partial charge in [-0.2, -0.15) is 15.3 Å². The molecule has 1 aromatic carbocycles. The lowest BCUT2D eigenvalue weighted by atomic mass is 10.0. The number of rotatable bonds is 6. The van der Waals surface area contributed by atoms with E-state index in [2.05, 4.69) is 15.3 Å². The number of piperidine rings is 1. The number of alkyl halides is 2. The Morgan fingerprint density at radius 3 is 2.73 bits per heavy atom. The van der Waals surface area contributed by atoms with Crippen molar-refractivity contribution in [2.75, 3.05) is 32.7 Å². The topological polar surface area (TPSA) is 118 Å². The monoisotopic (exact) mass is 516 g/mol. The Morgan fingerprint density at radius 1 is 1.24 bits per heavy atom. The molecule has 1 aliphatic rings. The normalized spacial score (nSPS) is 17.5. The molecular formula is C25H30F2N6O4. The highest BCUT2D eigenvalue weighted by atomic mass is 19.3. The number of methoxy groups -OCH3 is 1. The zero-order valence-electron chi connectivity index (χ0n) is 21.1. The zero-order valence-corrected chi connectivity index (χ0v) is 21.1. The quantitative estimate of drug-likeness (QED) is 0.379. The third kappa shape index (κ3) is 5.96. The van der Waals surface area contributed by atoms with E-state index in [0.29, 0.717) is 33.8 Å². The minimum Gasteiger partial charge on any atom is -0.465 e. The molecule has 1 fully saturated rings. The smallest absolute Gasteiger partial charge is 0.410 e. The molecule has 0 unspecified atom stereocenters. The molecule has 2 aromatic heterocycles. The van der Waals surface area contributed by atoms with Gasteiger partial charge in [0.25, 0.3) is 5.92 Å². The first kappa shape index (κ1) is 26.3. The third-order valence-corrected chi connectivity index (χ3v) is 5.76. The number of ether oxygens (including phenoxy) is 3. The first-order chi connectivity index (χ1) is 17.5. The maximum atomic E-state index is 15.1. The van der Waals surface area contributed by atoms with Gasteiger partial charge in [-0.05, 0) is 45.4 Å². The Balaban J connectivity index is 1.55. The lowest BCUT2D eigenvalue weighted by Crippen LogP contribution is -2.52. The van der Waals surface area contributed by atoms with Crippen molar-refractivity contribution < 1.29 is 27.8 Å². The summed E-state index contributed by atoms with van der Waals surface area (Å²) in [5, 5.41) is 12.5. The van der Waals surface area contributed by atoms with Crippen LogP contribution in [0.15, 0.2) is 42.9 Å². The van der Waals surface area contributed by atoms with E-state index < -0.39 is 30.2 Å². The van der Waals surface area contributed by atoms with Crippen molar-refractivity contribution in [3.63, 3.8) is 0 Å². The zero-order chi connectivity index (χ0) is 26.8. The Labute approximate surface area is 213 Å².